The number of piperidine rings is 1. The maximum absolute atomic E-state index is 14.3. The van der Waals surface area contributed by atoms with Crippen LogP contribution < -0.4 is 10.5 Å². The molecule has 8 nitrogen and oxygen atoms in total. The second-order valence-electron chi connectivity index (χ2n) is 8.75. The molecule has 0 aliphatic carbocycles. The molecule has 1 aromatic carbocycles. The summed E-state index contributed by atoms with van der Waals surface area (Å²) in [7, 11) is 0. The second kappa shape index (κ2) is 9.54. The van der Waals surface area contributed by atoms with E-state index in [0.717, 1.165) is 50.6 Å². The summed E-state index contributed by atoms with van der Waals surface area (Å²) in [6.45, 7) is 2.37. The lowest BCUT2D eigenvalue weighted by atomic mass is 10.1. The zero-order valence-electron chi connectivity index (χ0n) is 19.4. The number of fused-ring (bicyclic) bond motifs is 1. The smallest absolute Gasteiger partial charge is 0.461 e. The van der Waals surface area contributed by atoms with Crippen molar-refractivity contribution in [1.29, 1.82) is 0 Å². The van der Waals surface area contributed by atoms with Crippen LogP contribution >= 0.6 is 0 Å². The van der Waals surface area contributed by atoms with Crippen LogP contribution in [0.3, 0.4) is 0 Å². The average molecular weight is 519 g/mol. The number of aromatic nitrogens is 5. The van der Waals surface area contributed by atoms with Crippen molar-refractivity contribution in [2.75, 3.05) is 18.8 Å². The van der Waals surface area contributed by atoms with Crippen molar-refractivity contribution in [2.24, 2.45) is 0 Å². The number of likely N-dealkylation sites (tertiary alicyclic amines) is 1. The van der Waals surface area contributed by atoms with Gasteiger partial charge in [-0.05, 0) is 54.8 Å². The Morgan fingerprint density at radius 1 is 1.00 bits per heavy atom. The van der Waals surface area contributed by atoms with Gasteiger partial charge in [-0.3, -0.25) is 9.47 Å². The molecular weight excluding hydrogens is 497 g/mol. The number of anilines is 1. The van der Waals surface area contributed by atoms with Gasteiger partial charge in [-0.15, -0.1) is 0 Å². The monoisotopic (exact) mass is 519 g/mol. The molecule has 194 valence electrons. The summed E-state index contributed by atoms with van der Waals surface area (Å²) in [5, 5.41) is 0. The molecular formula is C24H22F5N7O. The lowest BCUT2D eigenvalue weighted by Crippen LogP contribution is -2.37. The van der Waals surface area contributed by atoms with E-state index in [1.165, 1.54) is 24.3 Å². The van der Waals surface area contributed by atoms with Crippen LogP contribution in [0.15, 0.2) is 55.1 Å². The predicted molar refractivity (Wildman–Crippen MR) is 124 cm³/mol. The molecule has 4 heterocycles. The number of alkyl halides is 5. The number of nitrogens with zero attached hydrogens (tertiary/aromatic N) is 6. The molecule has 0 radical (unpaired) electrons. The molecule has 0 saturated carbocycles. The van der Waals surface area contributed by atoms with Crippen LogP contribution in [-0.4, -0.2) is 54.8 Å². The predicted octanol–water partition coefficient (Wildman–Crippen LogP) is 4.49. The Morgan fingerprint density at radius 3 is 2.41 bits per heavy atom. The number of nitrogens with two attached hydrogens (primary N) is 1. The van der Waals surface area contributed by atoms with Gasteiger partial charge in [-0.1, -0.05) is 0 Å². The van der Waals surface area contributed by atoms with E-state index < -0.39 is 17.9 Å². The quantitative estimate of drug-likeness (QED) is 0.375. The van der Waals surface area contributed by atoms with Crippen molar-refractivity contribution < 1.29 is 26.7 Å². The fourth-order valence-corrected chi connectivity index (χ4v) is 4.32. The van der Waals surface area contributed by atoms with Crippen LogP contribution in [0.2, 0.25) is 0 Å². The molecule has 0 atom stereocenters. The number of imidazole rings is 1. The molecule has 1 saturated heterocycles. The molecule has 4 aromatic rings. The van der Waals surface area contributed by atoms with E-state index in [9.17, 15) is 22.0 Å². The van der Waals surface area contributed by atoms with E-state index in [0.29, 0.717) is 16.1 Å². The molecule has 0 amide bonds. The molecule has 0 unspecified atom stereocenters. The van der Waals surface area contributed by atoms with Crippen molar-refractivity contribution in [3.05, 3.63) is 66.5 Å². The highest BCUT2D eigenvalue weighted by atomic mass is 19.4. The van der Waals surface area contributed by atoms with Crippen LogP contribution in [-0.2, 0) is 12.5 Å². The molecule has 1 aliphatic rings. The Balaban J connectivity index is 1.30. The molecule has 37 heavy (non-hydrogen) atoms. The standard InChI is InChI=1S/C24H22F5N7O/c25-23(26,24(27,28)29)22-34-19-12-31-14-33-21(19)36(22)16-1-3-17(4-2-16)37-18-6-9-35(10-7-18)13-15-5-8-32-20(30)11-15/h1-5,8,11-12,14,18H,6-7,9-10,13H2,(H2,30,32). The minimum absolute atomic E-state index is 0.0407. The highest BCUT2D eigenvalue weighted by Gasteiger charge is 2.62. The Labute approximate surface area is 207 Å². The molecule has 0 spiro atoms. The van der Waals surface area contributed by atoms with Gasteiger partial charge in [-0.2, -0.15) is 22.0 Å². The molecule has 5 rings (SSSR count). The number of pyridine rings is 1. The fourth-order valence-electron chi connectivity index (χ4n) is 4.32. The van der Waals surface area contributed by atoms with E-state index in [2.05, 4.69) is 24.8 Å². The highest BCUT2D eigenvalue weighted by Crippen LogP contribution is 2.44. The number of nitrogen functional groups attached to an aromatic ring is 1. The maximum atomic E-state index is 14.3. The number of rotatable bonds is 6. The van der Waals surface area contributed by atoms with E-state index in [-0.39, 0.29) is 23.0 Å². The topological polar surface area (TPSA) is 95.0 Å². The van der Waals surface area contributed by atoms with Crippen molar-refractivity contribution in [3.8, 4) is 11.4 Å². The number of halogens is 5. The highest BCUT2D eigenvalue weighted by molar-refractivity contribution is 5.73. The van der Waals surface area contributed by atoms with Gasteiger partial charge in [0, 0.05) is 31.5 Å². The average Bonchev–Trinajstić information content (AvgIpc) is 3.26. The fraction of sp³-hybridized carbons (Fsp3) is 0.333. The summed E-state index contributed by atoms with van der Waals surface area (Å²) in [5.41, 5.74) is 6.52. The Bertz CT molecular complexity index is 1380. The SMILES string of the molecule is Nc1cc(CN2CCC(Oc3ccc(-n4c(C(F)(F)C(F)(F)F)nc5cncnc54)cc3)CC2)ccn1. The Kier molecular flexibility index (Phi) is 6.40. The van der Waals surface area contributed by atoms with Crippen LogP contribution in [0.4, 0.5) is 27.8 Å². The van der Waals surface area contributed by atoms with E-state index in [1.54, 1.807) is 6.20 Å². The molecule has 2 N–H and O–H groups in total. The summed E-state index contributed by atoms with van der Waals surface area (Å²) in [5.74, 6) is -5.72. The van der Waals surface area contributed by atoms with E-state index in [1.807, 2.05) is 12.1 Å². The van der Waals surface area contributed by atoms with Gasteiger partial charge < -0.3 is 10.5 Å². The van der Waals surface area contributed by atoms with Gasteiger partial charge in [0.15, 0.2) is 11.5 Å². The maximum Gasteiger partial charge on any atom is 0.461 e. The lowest BCUT2D eigenvalue weighted by molar-refractivity contribution is -0.292. The lowest BCUT2D eigenvalue weighted by Gasteiger charge is -2.32. The largest absolute Gasteiger partial charge is 0.490 e. The molecule has 13 heteroatoms. The summed E-state index contributed by atoms with van der Waals surface area (Å²) in [4.78, 5) is 17.3. The van der Waals surface area contributed by atoms with Crippen LogP contribution in [0.25, 0.3) is 16.9 Å². The Hall–Kier alpha value is -3.87. The summed E-state index contributed by atoms with van der Waals surface area (Å²) >= 11 is 0. The molecule has 3 aromatic heterocycles. The van der Waals surface area contributed by atoms with Gasteiger partial charge in [0.1, 0.15) is 29.5 Å². The first-order valence-corrected chi connectivity index (χ1v) is 11.4. The van der Waals surface area contributed by atoms with Gasteiger partial charge in [0.25, 0.3) is 0 Å². The van der Waals surface area contributed by atoms with E-state index >= 15 is 0 Å². The first-order valence-electron chi connectivity index (χ1n) is 11.4. The van der Waals surface area contributed by atoms with Crippen LogP contribution in [0.5, 0.6) is 5.75 Å². The Morgan fingerprint density at radius 2 is 1.73 bits per heavy atom. The van der Waals surface area contributed by atoms with Gasteiger partial charge >= 0.3 is 12.1 Å². The normalized spacial score (nSPS) is 15.8. The van der Waals surface area contributed by atoms with Crippen molar-refractivity contribution in [3.63, 3.8) is 0 Å². The minimum Gasteiger partial charge on any atom is -0.490 e. The van der Waals surface area contributed by atoms with Crippen molar-refractivity contribution in [1.82, 2.24) is 29.4 Å². The zero-order chi connectivity index (χ0) is 26.2. The molecule has 1 aliphatic heterocycles. The van der Waals surface area contributed by atoms with Crippen LogP contribution in [0, 0.1) is 0 Å². The third-order valence-corrected chi connectivity index (χ3v) is 6.14. The third-order valence-electron chi connectivity index (χ3n) is 6.14. The number of hydrogen-bond acceptors (Lipinski definition) is 7. The summed E-state index contributed by atoms with van der Waals surface area (Å²) in [6.07, 6.45) is -0.526. The van der Waals surface area contributed by atoms with Crippen molar-refractivity contribution in [2.45, 2.75) is 37.6 Å². The van der Waals surface area contributed by atoms with E-state index in [4.69, 9.17) is 10.5 Å². The zero-order valence-corrected chi connectivity index (χ0v) is 19.4. The molecule has 0 bridgehead atoms. The second-order valence-corrected chi connectivity index (χ2v) is 8.75. The molecule has 1 fully saturated rings. The number of benzene rings is 1. The van der Waals surface area contributed by atoms with Gasteiger partial charge in [-0.25, -0.2) is 19.9 Å². The minimum atomic E-state index is -5.83. The van der Waals surface area contributed by atoms with Gasteiger partial charge in [0.05, 0.1) is 6.20 Å². The number of ether oxygens (including phenoxy) is 1. The van der Waals surface area contributed by atoms with Gasteiger partial charge in [0.2, 0.25) is 0 Å². The van der Waals surface area contributed by atoms with Crippen molar-refractivity contribution >= 4 is 17.0 Å². The number of hydrogen-bond donors (Lipinski definition) is 1. The summed E-state index contributed by atoms with van der Waals surface area (Å²) < 4.78 is 74.9. The first-order chi connectivity index (χ1) is 17.6. The third kappa shape index (κ3) is 5.03. The summed E-state index contributed by atoms with van der Waals surface area (Å²) in [6, 6.07) is 9.63. The van der Waals surface area contributed by atoms with Crippen LogP contribution in [0.1, 0.15) is 24.2 Å². The first kappa shape index (κ1) is 24.8.